The molecule has 4 heterocycles. The number of carbonyl (C=O) groups excluding carboxylic acids is 3. The van der Waals surface area contributed by atoms with Gasteiger partial charge in [0.25, 0.3) is 11.8 Å². The third-order valence-corrected chi connectivity index (χ3v) is 8.62. The molecule has 6 N–H and O–H groups in total. The summed E-state index contributed by atoms with van der Waals surface area (Å²) in [5, 5.41) is 26.6. The van der Waals surface area contributed by atoms with Gasteiger partial charge in [-0.1, -0.05) is 0 Å². The molecule has 10 nitrogen and oxygen atoms in total. The summed E-state index contributed by atoms with van der Waals surface area (Å²) in [5.74, 6) is -1.14. The van der Waals surface area contributed by atoms with E-state index in [0.29, 0.717) is 51.6 Å². The Hall–Kier alpha value is -6.01. The van der Waals surface area contributed by atoms with E-state index in [1.807, 2.05) is 19.0 Å². The fourth-order valence-electron chi connectivity index (χ4n) is 6.64. The van der Waals surface area contributed by atoms with E-state index < -0.39 is 17.9 Å². The lowest BCUT2D eigenvalue weighted by Gasteiger charge is -2.16. The Balaban J connectivity index is 0.000000152. The van der Waals surface area contributed by atoms with Crippen LogP contribution >= 0.6 is 0 Å². The predicted octanol–water partition coefficient (Wildman–Crippen LogP) is 5.56. The number of hydrogen-bond acceptors (Lipinski definition) is 6. The molecule has 2 amide bonds. The number of phenols is 2. The maximum Gasteiger partial charge on any atom is 0.252 e. The number of nitrogens with one attached hydrogen (secondary N) is 4. The van der Waals surface area contributed by atoms with Gasteiger partial charge in [0.05, 0.1) is 17.8 Å². The van der Waals surface area contributed by atoms with Crippen LogP contribution in [0.5, 0.6) is 11.5 Å². The summed E-state index contributed by atoms with van der Waals surface area (Å²) in [7, 11) is 3.89. The normalized spacial score (nSPS) is 16.4. The molecule has 0 saturated heterocycles. The van der Waals surface area contributed by atoms with Crippen molar-refractivity contribution in [2.75, 3.05) is 14.1 Å². The molecule has 2 atom stereocenters. The third kappa shape index (κ3) is 5.21. The second kappa shape index (κ2) is 11.7. The summed E-state index contributed by atoms with van der Waals surface area (Å²) in [6.07, 6.45) is 0.639. The highest BCUT2D eigenvalue weighted by molar-refractivity contribution is 6.03. The Labute approximate surface area is 272 Å². The first-order valence-corrected chi connectivity index (χ1v) is 15.0. The monoisotopic (exact) mass is 649 g/mol. The minimum atomic E-state index is -0.625. The molecule has 12 heteroatoms. The molecule has 0 saturated carbocycles. The van der Waals surface area contributed by atoms with Gasteiger partial charge >= 0.3 is 0 Å². The molecule has 0 bridgehead atoms. The Morgan fingerprint density at radius 2 is 1.21 bits per heavy atom. The number of aromatic amines is 2. The lowest BCUT2D eigenvalue weighted by Crippen LogP contribution is -2.22. The summed E-state index contributed by atoms with van der Waals surface area (Å²) >= 11 is 0. The number of benzene rings is 4. The van der Waals surface area contributed by atoms with E-state index >= 15 is 0 Å². The van der Waals surface area contributed by atoms with Gasteiger partial charge in [-0.05, 0) is 98.0 Å². The molecule has 2 aromatic heterocycles. The highest BCUT2D eigenvalue weighted by Crippen LogP contribution is 2.40. The van der Waals surface area contributed by atoms with Crippen molar-refractivity contribution in [3.05, 3.63) is 129 Å². The lowest BCUT2D eigenvalue weighted by molar-refractivity contribution is 0.0952. The fraction of sp³-hybridized carbons (Fsp3) is 0.139. The topological polar surface area (TPSA) is 151 Å². The van der Waals surface area contributed by atoms with Gasteiger partial charge in [0.2, 0.25) is 0 Å². The first-order valence-electron chi connectivity index (χ1n) is 15.0. The van der Waals surface area contributed by atoms with Crippen molar-refractivity contribution >= 4 is 39.9 Å². The van der Waals surface area contributed by atoms with Crippen molar-refractivity contribution in [3.63, 3.8) is 0 Å². The Morgan fingerprint density at radius 1 is 0.708 bits per heavy atom. The van der Waals surface area contributed by atoms with Crippen LogP contribution < -0.4 is 10.6 Å². The van der Waals surface area contributed by atoms with E-state index in [1.165, 1.54) is 48.5 Å². The van der Waals surface area contributed by atoms with Gasteiger partial charge in [0, 0.05) is 56.3 Å². The molecule has 0 fully saturated rings. The van der Waals surface area contributed by atoms with Crippen LogP contribution in [-0.4, -0.2) is 57.3 Å². The summed E-state index contributed by atoms with van der Waals surface area (Å²) in [6.45, 7) is 0.617. The summed E-state index contributed by atoms with van der Waals surface area (Å²) in [5.41, 5.74) is 6.15. The lowest BCUT2D eigenvalue weighted by atomic mass is 9.95. The first-order chi connectivity index (χ1) is 23.0. The molecule has 48 heavy (non-hydrogen) atoms. The number of fused-ring (bicyclic) bond motifs is 4. The second-order valence-corrected chi connectivity index (χ2v) is 12.1. The SMILES string of the molecule is CN(C)Cc1[nH]c2ccc(F)cc2c1C1NC(=O)c2ccc(O)cc21.O=Cc1[nH]c2ccc(F)cc2c1C1NC(=O)c2ccc(O)cc21. The number of rotatable bonds is 5. The molecule has 0 aliphatic carbocycles. The number of amides is 2. The smallest absolute Gasteiger partial charge is 0.252 e. The molecule has 8 rings (SSSR count). The maximum atomic E-state index is 13.9. The number of hydrogen-bond donors (Lipinski definition) is 6. The Kier molecular flexibility index (Phi) is 7.44. The highest BCUT2D eigenvalue weighted by Gasteiger charge is 2.35. The number of aldehydes is 1. The number of nitrogens with zero attached hydrogens (tertiary/aromatic N) is 1. The van der Waals surface area contributed by atoms with Gasteiger partial charge in [-0.3, -0.25) is 14.4 Å². The van der Waals surface area contributed by atoms with E-state index in [2.05, 4.69) is 20.6 Å². The van der Waals surface area contributed by atoms with E-state index in [-0.39, 0.29) is 34.8 Å². The Morgan fingerprint density at radius 3 is 1.73 bits per heavy atom. The number of aromatic nitrogens is 2. The quantitative estimate of drug-likeness (QED) is 0.135. The minimum absolute atomic E-state index is 0.0175. The Bertz CT molecular complexity index is 2290. The second-order valence-electron chi connectivity index (χ2n) is 12.1. The minimum Gasteiger partial charge on any atom is -0.508 e. The van der Waals surface area contributed by atoms with Crippen LogP contribution in [0.15, 0.2) is 72.8 Å². The van der Waals surface area contributed by atoms with Crippen molar-refractivity contribution in [1.82, 2.24) is 25.5 Å². The molecule has 0 spiro atoms. The number of H-pyrrole nitrogens is 2. The standard InChI is InChI=1S/C19H18FN3O2.C17H11FN2O3/c1-23(2)9-16-17(14-7-10(20)3-6-15(14)21-16)18-13-8-11(24)4-5-12(13)19(25)22-18;18-8-1-4-13-12(5-8)15(14(7-21)19-13)16-11-6-9(22)2-3-10(11)17(23)20-16/h3-8,18,21,24H,9H2,1-2H3,(H,22,25);1-7,16,19,22H,(H,20,23). The van der Waals surface area contributed by atoms with Crippen LogP contribution in [0.4, 0.5) is 8.78 Å². The van der Waals surface area contributed by atoms with Crippen molar-refractivity contribution in [2.24, 2.45) is 0 Å². The van der Waals surface area contributed by atoms with Gasteiger partial charge in [0.15, 0.2) is 6.29 Å². The zero-order chi connectivity index (χ0) is 33.9. The largest absolute Gasteiger partial charge is 0.508 e. The van der Waals surface area contributed by atoms with E-state index in [4.69, 9.17) is 0 Å². The number of aromatic hydroxyl groups is 2. The van der Waals surface area contributed by atoms with Gasteiger partial charge in [-0.25, -0.2) is 8.78 Å². The zero-order valence-electron chi connectivity index (χ0n) is 25.7. The number of phenolic OH excluding ortho intramolecular Hbond substituents is 2. The van der Waals surface area contributed by atoms with Gasteiger partial charge < -0.3 is 35.7 Å². The molecule has 6 aromatic rings. The molecule has 0 radical (unpaired) electrons. The van der Waals surface area contributed by atoms with Crippen LogP contribution in [-0.2, 0) is 6.54 Å². The van der Waals surface area contributed by atoms with E-state index in [1.54, 1.807) is 24.3 Å². The summed E-state index contributed by atoms with van der Waals surface area (Å²) in [4.78, 5) is 44.1. The number of carbonyl (C=O) groups is 3. The van der Waals surface area contributed by atoms with Crippen molar-refractivity contribution < 1.29 is 33.4 Å². The zero-order valence-corrected chi connectivity index (χ0v) is 25.7. The van der Waals surface area contributed by atoms with Gasteiger partial charge in [-0.2, -0.15) is 0 Å². The van der Waals surface area contributed by atoms with Crippen molar-refractivity contribution in [3.8, 4) is 11.5 Å². The van der Waals surface area contributed by atoms with Crippen molar-refractivity contribution in [1.29, 1.82) is 0 Å². The summed E-state index contributed by atoms with van der Waals surface area (Å²) < 4.78 is 27.5. The van der Waals surface area contributed by atoms with Crippen LogP contribution in [0, 0.1) is 11.6 Å². The molecule has 4 aromatic carbocycles. The first kappa shape index (κ1) is 30.6. The average molecular weight is 650 g/mol. The van der Waals surface area contributed by atoms with E-state index in [9.17, 15) is 33.4 Å². The van der Waals surface area contributed by atoms with Gasteiger partial charge in [-0.15, -0.1) is 0 Å². The molecule has 2 aliphatic rings. The summed E-state index contributed by atoms with van der Waals surface area (Å²) in [6, 6.07) is 16.8. The highest BCUT2D eigenvalue weighted by atomic mass is 19.1. The molecule has 242 valence electrons. The average Bonchev–Trinajstić information content (AvgIpc) is 3.76. The van der Waals surface area contributed by atoms with Crippen molar-refractivity contribution in [2.45, 2.75) is 18.6 Å². The third-order valence-electron chi connectivity index (χ3n) is 8.62. The van der Waals surface area contributed by atoms with Crippen LogP contribution in [0.3, 0.4) is 0 Å². The molecular formula is C36H29F2N5O5. The molecule has 2 unspecified atom stereocenters. The van der Waals surface area contributed by atoms with Crippen LogP contribution in [0.2, 0.25) is 0 Å². The predicted molar refractivity (Wildman–Crippen MR) is 174 cm³/mol. The van der Waals surface area contributed by atoms with Gasteiger partial charge in [0.1, 0.15) is 23.1 Å². The number of halogens is 2. The van der Waals surface area contributed by atoms with Crippen LogP contribution in [0.1, 0.15) is 71.2 Å². The molecule has 2 aliphatic heterocycles. The maximum absolute atomic E-state index is 13.9. The van der Waals surface area contributed by atoms with E-state index in [0.717, 1.165) is 22.2 Å². The molecular weight excluding hydrogens is 620 g/mol. The fourth-order valence-corrected chi connectivity index (χ4v) is 6.64. The van der Waals surface area contributed by atoms with Crippen LogP contribution in [0.25, 0.3) is 21.8 Å².